The number of carbonyl (C=O) groups excluding carboxylic acids is 1. The Bertz CT molecular complexity index is 634. The highest BCUT2D eigenvalue weighted by atomic mass is 16.7. The number of allylic oxidation sites excluding steroid dienone is 2. The number of nitrogens with two attached hydrogens (primary N) is 1. The van der Waals surface area contributed by atoms with Crippen LogP contribution in [0.25, 0.3) is 0 Å². The highest BCUT2D eigenvalue weighted by molar-refractivity contribution is 5.94. The van der Waals surface area contributed by atoms with Crippen LogP contribution in [0.1, 0.15) is 27.2 Å². The van der Waals surface area contributed by atoms with Gasteiger partial charge >= 0.3 is 5.97 Å². The summed E-state index contributed by atoms with van der Waals surface area (Å²) in [5.74, 6) is 1.06. The summed E-state index contributed by atoms with van der Waals surface area (Å²) in [7, 11) is 1.53. The predicted octanol–water partition coefficient (Wildman–Crippen LogP) is 1.37. The Labute approximate surface area is 142 Å². The van der Waals surface area contributed by atoms with Crippen molar-refractivity contribution in [2.75, 3.05) is 13.7 Å². The van der Waals surface area contributed by atoms with Crippen LogP contribution >= 0.6 is 0 Å². The zero-order chi connectivity index (χ0) is 17.9. The van der Waals surface area contributed by atoms with Crippen LogP contribution in [-0.4, -0.2) is 31.8 Å². The Morgan fingerprint density at radius 2 is 2.25 bits per heavy atom. The van der Waals surface area contributed by atoms with E-state index in [4.69, 9.17) is 20.0 Å². The van der Waals surface area contributed by atoms with Crippen molar-refractivity contribution in [1.29, 1.82) is 0 Å². The summed E-state index contributed by atoms with van der Waals surface area (Å²) in [4.78, 5) is 17.7. The van der Waals surface area contributed by atoms with E-state index in [0.717, 1.165) is 16.9 Å². The molecule has 0 spiro atoms. The molecule has 0 aromatic heterocycles. The zero-order valence-corrected chi connectivity index (χ0v) is 14.6. The summed E-state index contributed by atoms with van der Waals surface area (Å²) in [6, 6.07) is -0.0459. The number of hydrogen-bond acceptors (Lipinski definition) is 7. The molecule has 7 nitrogen and oxygen atoms in total. The number of rotatable bonds is 5. The van der Waals surface area contributed by atoms with Crippen molar-refractivity contribution in [2.24, 2.45) is 5.73 Å². The van der Waals surface area contributed by atoms with Gasteiger partial charge in [0.1, 0.15) is 22.9 Å². The summed E-state index contributed by atoms with van der Waals surface area (Å²) in [5.41, 5.74) is 11.2. The third-order valence-corrected chi connectivity index (χ3v) is 4.06. The number of hydrogen-bond donors (Lipinski definition) is 3. The lowest BCUT2D eigenvalue weighted by molar-refractivity contribution is -0.138. The lowest BCUT2D eigenvalue weighted by atomic mass is 9.87. The molecule has 0 radical (unpaired) electrons. The standard InChI is InChI=1S/C17H25N3O4/c1-6-23-17(21)15-12(7-9(2)22-5)8-13(19-16(15)18)14-10(3)20-24-11(14)4/h7,10,13,19-20H,2,6,8,18H2,1,3-5H3/b12-7+/t10-,13?/m0/s1. The van der Waals surface area contributed by atoms with Gasteiger partial charge in [0.25, 0.3) is 0 Å². The molecule has 2 aliphatic rings. The van der Waals surface area contributed by atoms with E-state index in [1.54, 1.807) is 13.0 Å². The van der Waals surface area contributed by atoms with E-state index in [1.807, 2.05) is 13.8 Å². The largest absolute Gasteiger partial charge is 0.497 e. The molecule has 132 valence electrons. The second kappa shape index (κ2) is 7.44. The molecule has 4 N–H and O–H groups in total. The van der Waals surface area contributed by atoms with Crippen molar-refractivity contribution in [3.8, 4) is 0 Å². The highest BCUT2D eigenvalue weighted by Crippen LogP contribution is 2.32. The normalized spacial score (nSPS) is 25.4. The molecule has 0 fully saturated rings. The van der Waals surface area contributed by atoms with Gasteiger partial charge in [-0.15, -0.1) is 0 Å². The van der Waals surface area contributed by atoms with Gasteiger partial charge in [-0.2, -0.15) is 5.48 Å². The first-order valence-electron chi connectivity index (χ1n) is 7.89. The highest BCUT2D eigenvalue weighted by Gasteiger charge is 2.35. The van der Waals surface area contributed by atoms with E-state index in [9.17, 15) is 4.79 Å². The fourth-order valence-electron chi connectivity index (χ4n) is 2.97. The van der Waals surface area contributed by atoms with Crippen LogP contribution in [0, 0.1) is 0 Å². The SMILES string of the molecule is C=C(/C=C1\CC(C2=C(C)ON[C@H]2C)NC(N)=C1C(=O)OCC)OC. The van der Waals surface area contributed by atoms with Crippen molar-refractivity contribution in [2.45, 2.75) is 39.3 Å². The molecule has 0 aromatic rings. The molecule has 1 unspecified atom stereocenters. The van der Waals surface area contributed by atoms with Gasteiger partial charge in [0.05, 0.1) is 25.8 Å². The van der Waals surface area contributed by atoms with Gasteiger partial charge in [-0.25, -0.2) is 4.79 Å². The maximum atomic E-state index is 12.3. The first-order valence-corrected chi connectivity index (χ1v) is 7.89. The van der Waals surface area contributed by atoms with Crippen LogP contribution in [0.5, 0.6) is 0 Å². The number of esters is 1. The minimum absolute atomic E-state index is 0.0475. The summed E-state index contributed by atoms with van der Waals surface area (Å²) in [5, 5.41) is 3.20. The van der Waals surface area contributed by atoms with Crippen molar-refractivity contribution < 1.29 is 19.1 Å². The summed E-state index contributed by atoms with van der Waals surface area (Å²) < 4.78 is 10.2. The summed E-state index contributed by atoms with van der Waals surface area (Å²) in [6.07, 6.45) is 2.26. The zero-order valence-electron chi connectivity index (χ0n) is 14.6. The molecule has 2 rings (SSSR count). The lowest BCUT2D eigenvalue weighted by Crippen LogP contribution is -2.43. The number of nitrogens with one attached hydrogen (secondary N) is 2. The summed E-state index contributed by atoms with van der Waals surface area (Å²) in [6.45, 7) is 9.73. The number of hydroxylamine groups is 1. The molecule has 0 bridgehead atoms. The average Bonchev–Trinajstić information content (AvgIpc) is 2.85. The fourth-order valence-corrected chi connectivity index (χ4v) is 2.97. The number of carbonyl (C=O) groups is 1. The first-order chi connectivity index (χ1) is 11.4. The Hall–Kier alpha value is -2.41. The monoisotopic (exact) mass is 335 g/mol. The molecule has 2 aliphatic heterocycles. The maximum absolute atomic E-state index is 12.3. The molecule has 0 saturated heterocycles. The lowest BCUT2D eigenvalue weighted by Gasteiger charge is -2.30. The molecule has 0 saturated carbocycles. The maximum Gasteiger partial charge on any atom is 0.342 e. The van der Waals surface area contributed by atoms with E-state index in [1.165, 1.54) is 7.11 Å². The van der Waals surface area contributed by atoms with E-state index in [2.05, 4.69) is 17.4 Å². The molecule has 2 heterocycles. The molecule has 24 heavy (non-hydrogen) atoms. The second-order valence-electron chi connectivity index (χ2n) is 5.70. The first kappa shape index (κ1) is 17.9. The van der Waals surface area contributed by atoms with Gasteiger partial charge in [0, 0.05) is 5.57 Å². The van der Waals surface area contributed by atoms with Crippen LogP contribution in [0.4, 0.5) is 0 Å². The minimum Gasteiger partial charge on any atom is -0.497 e. The number of methoxy groups -OCH3 is 1. The number of ether oxygens (including phenoxy) is 2. The molecular weight excluding hydrogens is 310 g/mol. The van der Waals surface area contributed by atoms with E-state index >= 15 is 0 Å². The molecule has 2 atom stereocenters. The van der Waals surface area contributed by atoms with Gasteiger partial charge in [-0.05, 0) is 38.8 Å². The van der Waals surface area contributed by atoms with Crippen molar-refractivity contribution in [1.82, 2.24) is 10.8 Å². The Kier molecular flexibility index (Phi) is 5.56. The summed E-state index contributed by atoms with van der Waals surface area (Å²) >= 11 is 0. The molecule has 7 heteroatoms. The molecular formula is C17H25N3O4. The topological polar surface area (TPSA) is 94.8 Å². The Morgan fingerprint density at radius 3 is 2.79 bits per heavy atom. The average molecular weight is 335 g/mol. The van der Waals surface area contributed by atoms with Gasteiger partial charge in [0.2, 0.25) is 0 Å². The molecule has 0 aromatic carbocycles. The van der Waals surface area contributed by atoms with Crippen molar-refractivity contribution in [3.05, 3.63) is 46.7 Å². The second-order valence-corrected chi connectivity index (χ2v) is 5.70. The smallest absolute Gasteiger partial charge is 0.342 e. The predicted molar refractivity (Wildman–Crippen MR) is 90.0 cm³/mol. The van der Waals surface area contributed by atoms with E-state index in [0.29, 0.717) is 17.8 Å². The van der Waals surface area contributed by atoms with Crippen molar-refractivity contribution >= 4 is 5.97 Å². The van der Waals surface area contributed by atoms with Crippen molar-refractivity contribution in [3.63, 3.8) is 0 Å². The van der Waals surface area contributed by atoms with Gasteiger partial charge in [0.15, 0.2) is 0 Å². The van der Waals surface area contributed by atoms with Crippen LogP contribution in [0.15, 0.2) is 46.7 Å². The van der Waals surface area contributed by atoms with Gasteiger partial charge in [-0.3, -0.25) is 0 Å². The van der Waals surface area contributed by atoms with Crippen LogP contribution in [0.3, 0.4) is 0 Å². The minimum atomic E-state index is -0.462. The van der Waals surface area contributed by atoms with Gasteiger partial charge < -0.3 is 25.4 Å². The molecule has 0 amide bonds. The van der Waals surface area contributed by atoms with E-state index in [-0.39, 0.29) is 24.5 Å². The van der Waals surface area contributed by atoms with E-state index < -0.39 is 5.97 Å². The fraction of sp³-hybridized carbons (Fsp3) is 0.471. The third kappa shape index (κ3) is 3.56. The third-order valence-electron chi connectivity index (χ3n) is 4.06. The quantitative estimate of drug-likeness (QED) is 0.516. The van der Waals surface area contributed by atoms with Crippen LogP contribution < -0.4 is 16.5 Å². The van der Waals surface area contributed by atoms with Crippen LogP contribution in [-0.2, 0) is 19.1 Å². The Balaban J connectivity index is 2.42. The van der Waals surface area contributed by atoms with Crippen LogP contribution in [0.2, 0.25) is 0 Å². The van der Waals surface area contributed by atoms with Gasteiger partial charge in [-0.1, -0.05) is 6.58 Å². The Morgan fingerprint density at radius 1 is 1.54 bits per heavy atom. The molecule has 0 aliphatic carbocycles.